The van der Waals surface area contributed by atoms with Crippen molar-refractivity contribution in [2.24, 2.45) is 5.73 Å². The number of hydrogen-bond donors (Lipinski definition) is 3. The maximum absolute atomic E-state index is 11.6. The van der Waals surface area contributed by atoms with E-state index in [1.54, 1.807) is 12.1 Å². The first kappa shape index (κ1) is 12.6. The van der Waals surface area contributed by atoms with Crippen LogP contribution in [-0.2, 0) is 16.0 Å². The summed E-state index contributed by atoms with van der Waals surface area (Å²) in [7, 11) is 0. The minimum absolute atomic E-state index is 0.00886. The second-order valence-corrected chi connectivity index (χ2v) is 4.66. The lowest BCUT2D eigenvalue weighted by atomic mass is 10.1. The third-order valence-corrected chi connectivity index (χ3v) is 2.84. The van der Waals surface area contributed by atoms with Crippen molar-refractivity contribution in [3.05, 3.63) is 23.8 Å². The predicted octanol–water partition coefficient (Wildman–Crippen LogP) is 1.25. The van der Waals surface area contributed by atoms with Crippen molar-refractivity contribution in [2.75, 3.05) is 10.6 Å². The van der Waals surface area contributed by atoms with Gasteiger partial charge in [-0.25, -0.2) is 0 Å². The third-order valence-electron chi connectivity index (χ3n) is 2.84. The van der Waals surface area contributed by atoms with Crippen molar-refractivity contribution in [1.82, 2.24) is 0 Å². The zero-order valence-electron chi connectivity index (χ0n) is 10.3. The summed E-state index contributed by atoms with van der Waals surface area (Å²) in [6.45, 7) is 1.87. The molecule has 2 rings (SSSR count). The van der Waals surface area contributed by atoms with E-state index < -0.39 is 0 Å². The summed E-state index contributed by atoms with van der Waals surface area (Å²) in [5.41, 5.74) is 8.07. The molecule has 96 valence electrons. The molecule has 0 saturated heterocycles. The van der Waals surface area contributed by atoms with E-state index in [4.69, 9.17) is 5.73 Å². The van der Waals surface area contributed by atoms with Gasteiger partial charge in [-0.1, -0.05) is 0 Å². The number of anilines is 2. The Morgan fingerprint density at radius 2 is 2.33 bits per heavy atom. The van der Waals surface area contributed by atoms with E-state index in [9.17, 15) is 9.59 Å². The zero-order chi connectivity index (χ0) is 13.1. The number of rotatable bonds is 4. The van der Waals surface area contributed by atoms with E-state index in [1.165, 1.54) is 0 Å². The second-order valence-electron chi connectivity index (χ2n) is 4.66. The largest absolute Gasteiger partial charge is 0.328 e. The molecule has 1 aromatic carbocycles. The molecule has 1 aliphatic rings. The Hall–Kier alpha value is -1.88. The highest BCUT2D eigenvalue weighted by Gasteiger charge is 2.17. The van der Waals surface area contributed by atoms with E-state index in [0.717, 1.165) is 16.9 Å². The highest BCUT2D eigenvalue weighted by molar-refractivity contribution is 6.00. The first-order chi connectivity index (χ1) is 8.54. The number of fused-ring (bicyclic) bond motifs is 1. The van der Waals surface area contributed by atoms with E-state index in [1.807, 2.05) is 13.0 Å². The average molecular weight is 247 g/mol. The minimum Gasteiger partial charge on any atom is -0.328 e. The Morgan fingerprint density at radius 1 is 1.56 bits per heavy atom. The van der Waals surface area contributed by atoms with Crippen LogP contribution in [0.4, 0.5) is 11.4 Å². The molecular formula is C13H17N3O2. The first-order valence-electron chi connectivity index (χ1n) is 6.03. The number of nitrogens with two attached hydrogens (primary N) is 1. The molecule has 5 heteroatoms. The molecule has 0 bridgehead atoms. The SMILES string of the molecule is CC(N)CCC(=O)Nc1ccc2c(c1)CC(=O)N2. The molecule has 0 fully saturated rings. The Kier molecular flexibility index (Phi) is 3.62. The fraction of sp³-hybridized carbons (Fsp3) is 0.385. The normalized spacial score (nSPS) is 14.9. The zero-order valence-corrected chi connectivity index (χ0v) is 10.3. The quantitative estimate of drug-likeness (QED) is 0.748. The summed E-state index contributed by atoms with van der Waals surface area (Å²) in [5, 5.41) is 5.56. The van der Waals surface area contributed by atoms with Crippen molar-refractivity contribution < 1.29 is 9.59 Å². The molecule has 4 N–H and O–H groups in total. The van der Waals surface area contributed by atoms with E-state index >= 15 is 0 Å². The van der Waals surface area contributed by atoms with Crippen LogP contribution in [0.3, 0.4) is 0 Å². The number of benzene rings is 1. The topological polar surface area (TPSA) is 84.2 Å². The number of carbonyl (C=O) groups excluding carboxylic acids is 2. The summed E-state index contributed by atoms with van der Waals surface area (Å²) in [6.07, 6.45) is 1.45. The number of nitrogens with one attached hydrogen (secondary N) is 2. The van der Waals surface area contributed by atoms with Gasteiger partial charge in [-0.05, 0) is 37.1 Å². The fourth-order valence-electron chi connectivity index (χ4n) is 1.89. The monoisotopic (exact) mass is 247 g/mol. The van der Waals surface area contributed by atoms with Gasteiger partial charge >= 0.3 is 0 Å². The average Bonchev–Trinajstić information content (AvgIpc) is 2.66. The van der Waals surface area contributed by atoms with Gasteiger partial charge in [0.25, 0.3) is 0 Å². The van der Waals surface area contributed by atoms with Crippen LogP contribution in [0.1, 0.15) is 25.3 Å². The van der Waals surface area contributed by atoms with Gasteiger partial charge in [0.2, 0.25) is 11.8 Å². The van der Waals surface area contributed by atoms with Gasteiger partial charge in [0.1, 0.15) is 0 Å². The molecule has 0 saturated carbocycles. The van der Waals surface area contributed by atoms with Crippen LogP contribution in [-0.4, -0.2) is 17.9 Å². The second kappa shape index (κ2) is 5.18. The van der Waals surface area contributed by atoms with Gasteiger partial charge in [-0.2, -0.15) is 0 Å². The highest BCUT2D eigenvalue weighted by atomic mass is 16.2. The van der Waals surface area contributed by atoms with Crippen molar-refractivity contribution in [1.29, 1.82) is 0 Å². The molecule has 1 atom stereocenters. The van der Waals surface area contributed by atoms with Crippen LogP contribution in [0, 0.1) is 0 Å². The smallest absolute Gasteiger partial charge is 0.228 e. The first-order valence-corrected chi connectivity index (χ1v) is 6.03. The molecule has 0 spiro atoms. The lowest BCUT2D eigenvalue weighted by molar-refractivity contribution is -0.116. The summed E-state index contributed by atoms with van der Waals surface area (Å²) < 4.78 is 0. The van der Waals surface area contributed by atoms with Gasteiger partial charge in [-0.15, -0.1) is 0 Å². The lowest BCUT2D eigenvalue weighted by Gasteiger charge is -2.08. The molecule has 18 heavy (non-hydrogen) atoms. The molecule has 0 radical (unpaired) electrons. The number of hydrogen-bond acceptors (Lipinski definition) is 3. The molecule has 1 aliphatic heterocycles. The highest BCUT2D eigenvalue weighted by Crippen LogP contribution is 2.26. The molecule has 1 heterocycles. The van der Waals surface area contributed by atoms with Crippen molar-refractivity contribution in [2.45, 2.75) is 32.2 Å². The summed E-state index contributed by atoms with van der Waals surface area (Å²) in [5.74, 6) is -0.0602. The number of amides is 2. The van der Waals surface area contributed by atoms with Crippen molar-refractivity contribution >= 4 is 23.2 Å². The van der Waals surface area contributed by atoms with E-state index in [2.05, 4.69) is 10.6 Å². The third kappa shape index (κ3) is 3.07. The maximum Gasteiger partial charge on any atom is 0.228 e. The molecule has 0 aliphatic carbocycles. The van der Waals surface area contributed by atoms with Crippen LogP contribution in [0.25, 0.3) is 0 Å². The van der Waals surface area contributed by atoms with Crippen molar-refractivity contribution in [3.8, 4) is 0 Å². The standard InChI is InChI=1S/C13H17N3O2/c1-8(14)2-5-12(17)15-10-3-4-11-9(6-10)7-13(18)16-11/h3-4,6,8H,2,5,7,14H2,1H3,(H,15,17)(H,16,18). The van der Waals surface area contributed by atoms with Gasteiger partial charge < -0.3 is 16.4 Å². The number of carbonyl (C=O) groups is 2. The Labute approximate surface area is 106 Å². The lowest BCUT2D eigenvalue weighted by Crippen LogP contribution is -2.19. The summed E-state index contributed by atoms with van der Waals surface area (Å²) >= 11 is 0. The molecular weight excluding hydrogens is 230 g/mol. The van der Waals surface area contributed by atoms with Crippen LogP contribution in [0.2, 0.25) is 0 Å². The fourth-order valence-corrected chi connectivity index (χ4v) is 1.89. The van der Waals surface area contributed by atoms with Gasteiger partial charge in [0.15, 0.2) is 0 Å². The predicted molar refractivity (Wildman–Crippen MR) is 70.3 cm³/mol. The molecule has 1 unspecified atom stereocenters. The Morgan fingerprint density at radius 3 is 3.06 bits per heavy atom. The van der Waals surface area contributed by atoms with Gasteiger partial charge in [-0.3, -0.25) is 9.59 Å². The molecule has 2 amide bonds. The van der Waals surface area contributed by atoms with Gasteiger partial charge in [0.05, 0.1) is 6.42 Å². The summed E-state index contributed by atoms with van der Waals surface area (Å²) in [4.78, 5) is 22.8. The van der Waals surface area contributed by atoms with E-state index in [0.29, 0.717) is 19.3 Å². The Balaban J connectivity index is 1.97. The molecule has 0 aromatic heterocycles. The Bertz CT molecular complexity index is 483. The molecule has 1 aromatic rings. The van der Waals surface area contributed by atoms with Crippen LogP contribution in [0.5, 0.6) is 0 Å². The van der Waals surface area contributed by atoms with Crippen molar-refractivity contribution in [3.63, 3.8) is 0 Å². The van der Waals surface area contributed by atoms with Crippen LogP contribution < -0.4 is 16.4 Å². The maximum atomic E-state index is 11.6. The minimum atomic E-state index is -0.0514. The van der Waals surface area contributed by atoms with E-state index in [-0.39, 0.29) is 17.9 Å². The summed E-state index contributed by atoms with van der Waals surface area (Å²) in [6, 6.07) is 5.45. The van der Waals surface area contributed by atoms with Crippen LogP contribution >= 0.6 is 0 Å². The van der Waals surface area contributed by atoms with Gasteiger partial charge in [0, 0.05) is 23.8 Å². The molecule has 5 nitrogen and oxygen atoms in total. The van der Waals surface area contributed by atoms with Crippen LogP contribution in [0.15, 0.2) is 18.2 Å².